The first-order valence-electron chi connectivity index (χ1n) is 9.34. The van der Waals surface area contributed by atoms with Crippen LogP contribution in [0.5, 0.6) is 0 Å². The minimum Gasteiger partial charge on any atom is -0.343 e. The summed E-state index contributed by atoms with van der Waals surface area (Å²) in [6.45, 7) is 21.5. The maximum atomic E-state index is 3.60. The van der Waals surface area contributed by atoms with Gasteiger partial charge in [0.1, 0.15) is 0 Å². The maximum absolute atomic E-state index is 3.60. The minimum atomic E-state index is 0. The fraction of sp³-hybridized carbons (Fsp3) is 0.609. The zero-order valence-electron chi connectivity index (χ0n) is 18.7. The van der Waals surface area contributed by atoms with Gasteiger partial charge in [0, 0.05) is 14.6 Å². The number of rotatable bonds is 3. The first-order chi connectivity index (χ1) is 11.5. The van der Waals surface area contributed by atoms with Gasteiger partial charge in [-0.2, -0.15) is 6.42 Å². The molecule has 0 atom stereocenters. The van der Waals surface area contributed by atoms with Gasteiger partial charge in [-0.3, -0.25) is 0 Å². The average molecular weight is 387 g/mol. The van der Waals surface area contributed by atoms with Gasteiger partial charge in [0.15, 0.2) is 0 Å². The van der Waals surface area contributed by atoms with Crippen molar-refractivity contribution in [3.05, 3.63) is 51.2 Å². The number of aryl methyl sites for hydroxylation is 1. The Kier molecular flexibility index (Phi) is 15.3. The van der Waals surface area contributed by atoms with E-state index in [1.807, 2.05) is 22.7 Å². The van der Waals surface area contributed by atoms with Crippen molar-refractivity contribution in [3.8, 4) is 0 Å². The van der Waals surface area contributed by atoms with Gasteiger partial charge in [-0.25, -0.2) is 0 Å². The predicted octanol–water partition coefficient (Wildman–Crippen LogP) is 5.61. The van der Waals surface area contributed by atoms with Gasteiger partial charge in [-0.1, -0.05) is 61.0 Å². The zero-order valence-corrected chi connectivity index (χ0v) is 20.4. The molecule has 0 bridgehead atoms. The molecular weight excluding hydrogens is 347 g/mol. The van der Waals surface area contributed by atoms with Gasteiger partial charge in [0.25, 0.3) is 0 Å². The summed E-state index contributed by atoms with van der Waals surface area (Å²) >= 11 is 3.76. The quantitative estimate of drug-likeness (QED) is 0.475. The smallest absolute Gasteiger partial charge is 0.343 e. The van der Waals surface area contributed by atoms with Crippen molar-refractivity contribution in [2.24, 2.45) is 10.8 Å². The van der Waals surface area contributed by atoms with E-state index in [2.05, 4.69) is 92.0 Å². The van der Waals surface area contributed by atoms with E-state index in [0.717, 1.165) is 6.42 Å². The molecule has 0 aromatic carbocycles. The van der Waals surface area contributed by atoms with Crippen molar-refractivity contribution in [1.82, 2.24) is 0 Å². The van der Waals surface area contributed by atoms with Crippen LogP contribution in [0.3, 0.4) is 0 Å². The van der Waals surface area contributed by atoms with Crippen LogP contribution >= 0.6 is 22.7 Å². The summed E-state index contributed by atoms with van der Waals surface area (Å²) in [5, 5.41) is 2.14. The van der Waals surface area contributed by atoms with E-state index >= 15 is 0 Å². The molecule has 0 nitrogen and oxygen atoms in total. The summed E-state index contributed by atoms with van der Waals surface area (Å²) in [5.41, 5.74) is 0.863. The van der Waals surface area contributed by atoms with Crippen LogP contribution in [0.15, 0.2) is 29.6 Å². The number of unbranched alkanes of at least 4 members (excludes halogenated alkanes) is 1. The Morgan fingerprint density at radius 2 is 1.38 bits per heavy atom. The van der Waals surface area contributed by atoms with Gasteiger partial charge in [-0.05, 0) is 54.2 Å². The largest absolute Gasteiger partial charge is 1.00 e. The van der Waals surface area contributed by atoms with Crippen molar-refractivity contribution in [2.45, 2.75) is 81.1 Å². The first-order valence-corrected chi connectivity index (χ1v) is 11.0. The zero-order chi connectivity index (χ0) is 19.5. The van der Waals surface area contributed by atoms with Gasteiger partial charge in [0.2, 0.25) is 0 Å². The van der Waals surface area contributed by atoms with Crippen molar-refractivity contribution >= 4 is 22.7 Å². The molecule has 0 saturated heterocycles. The average Bonchev–Trinajstić information content (AvgIpc) is 3.08. The first kappa shape index (κ1) is 28.2. The Hall–Kier alpha value is -0.00260. The third kappa shape index (κ3) is 17.4. The summed E-state index contributed by atoms with van der Waals surface area (Å²) in [5.74, 6) is 0. The SMILES string of the molecule is CC(C)(C)Cc1cccs1.Cc1ccc(CC(C)(C)C)s1.[CH2-]CCC.[Li+]. The van der Waals surface area contributed by atoms with E-state index in [9.17, 15) is 0 Å². The topological polar surface area (TPSA) is 0 Å². The van der Waals surface area contributed by atoms with E-state index in [-0.39, 0.29) is 18.9 Å². The molecule has 0 aliphatic heterocycles. The summed E-state index contributed by atoms with van der Waals surface area (Å²) in [7, 11) is 0. The monoisotopic (exact) mass is 386 g/mol. The Balaban J connectivity index is 0. The molecule has 0 spiro atoms. The standard InChI is InChI=1S/C10H16S.C9H14S.C4H9.Li/c1-8-5-6-9(11-8)7-10(2,3)4;1-9(2,3)7-8-5-4-6-10-8;1-3-4-2;/h5-6H,7H2,1-4H3;4-6H,7H2,1-3H3;1,3-4H2,2H3;/q;;-1;+1. The Bertz CT molecular complexity index is 538. The molecule has 2 heterocycles. The molecule has 26 heavy (non-hydrogen) atoms. The fourth-order valence-electron chi connectivity index (χ4n) is 2.04. The summed E-state index contributed by atoms with van der Waals surface area (Å²) in [6.07, 6.45) is 4.68. The van der Waals surface area contributed by atoms with E-state index in [4.69, 9.17) is 0 Å². The predicted molar refractivity (Wildman–Crippen MR) is 120 cm³/mol. The van der Waals surface area contributed by atoms with Gasteiger partial charge in [-0.15, -0.1) is 22.7 Å². The van der Waals surface area contributed by atoms with Crippen molar-refractivity contribution in [1.29, 1.82) is 0 Å². The molecule has 2 rings (SSSR count). The van der Waals surface area contributed by atoms with E-state index < -0.39 is 0 Å². The second kappa shape index (κ2) is 14.1. The fourth-order valence-corrected chi connectivity index (χ4v) is 4.24. The Labute approximate surface area is 184 Å². The normalized spacial score (nSPS) is 10.8. The van der Waals surface area contributed by atoms with Gasteiger partial charge in [0.05, 0.1) is 0 Å². The Morgan fingerprint density at radius 1 is 0.885 bits per heavy atom. The second-order valence-electron chi connectivity index (χ2n) is 8.92. The molecule has 0 radical (unpaired) electrons. The number of hydrogen-bond donors (Lipinski definition) is 0. The van der Waals surface area contributed by atoms with Crippen LogP contribution in [-0.4, -0.2) is 0 Å². The number of thiophene rings is 2. The summed E-state index contributed by atoms with van der Waals surface area (Å²) < 4.78 is 0. The van der Waals surface area contributed by atoms with Crippen LogP contribution in [0, 0.1) is 24.7 Å². The second-order valence-corrected chi connectivity index (χ2v) is 11.3. The Morgan fingerprint density at radius 3 is 1.69 bits per heavy atom. The molecule has 0 amide bonds. The molecular formula is C23H39LiS2. The molecule has 0 saturated carbocycles. The summed E-state index contributed by atoms with van der Waals surface area (Å²) in [6, 6.07) is 8.76. The third-order valence-corrected chi connectivity index (χ3v) is 5.02. The van der Waals surface area contributed by atoms with E-state index in [1.165, 1.54) is 33.9 Å². The van der Waals surface area contributed by atoms with Crippen LogP contribution in [0.4, 0.5) is 0 Å². The van der Waals surface area contributed by atoms with Gasteiger partial charge < -0.3 is 6.92 Å². The summed E-state index contributed by atoms with van der Waals surface area (Å²) in [4.78, 5) is 4.42. The molecule has 2 aromatic rings. The minimum absolute atomic E-state index is 0. The van der Waals surface area contributed by atoms with Crippen LogP contribution in [0.2, 0.25) is 0 Å². The molecule has 0 fully saturated rings. The maximum Gasteiger partial charge on any atom is 1.00 e. The molecule has 0 aliphatic rings. The molecule has 3 heteroatoms. The van der Waals surface area contributed by atoms with Crippen LogP contribution in [0.25, 0.3) is 0 Å². The van der Waals surface area contributed by atoms with Crippen LogP contribution in [-0.2, 0) is 12.8 Å². The molecule has 0 N–H and O–H groups in total. The molecule has 0 unspecified atom stereocenters. The van der Waals surface area contributed by atoms with Crippen molar-refractivity contribution in [2.75, 3.05) is 0 Å². The molecule has 0 aliphatic carbocycles. The third-order valence-electron chi connectivity index (χ3n) is 3.14. The van der Waals surface area contributed by atoms with Crippen LogP contribution in [0.1, 0.15) is 75.9 Å². The van der Waals surface area contributed by atoms with E-state index in [1.54, 1.807) is 0 Å². The van der Waals surface area contributed by atoms with Gasteiger partial charge >= 0.3 is 18.9 Å². The number of hydrogen-bond acceptors (Lipinski definition) is 2. The van der Waals surface area contributed by atoms with E-state index in [0.29, 0.717) is 10.8 Å². The van der Waals surface area contributed by atoms with Crippen molar-refractivity contribution < 1.29 is 18.9 Å². The van der Waals surface area contributed by atoms with Crippen molar-refractivity contribution in [3.63, 3.8) is 0 Å². The molecule has 144 valence electrons. The molecule has 2 aromatic heterocycles. The van der Waals surface area contributed by atoms with Crippen LogP contribution < -0.4 is 18.9 Å².